The monoisotopic (exact) mass is 290 g/mol. The minimum absolute atomic E-state index is 0.876. The van der Waals surface area contributed by atoms with Crippen molar-refractivity contribution < 1.29 is 9.47 Å². The average molecular weight is 290 g/mol. The van der Waals surface area contributed by atoms with Crippen molar-refractivity contribution in [2.24, 2.45) is 0 Å². The van der Waals surface area contributed by atoms with E-state index in [1.807, 2.05) is 12.1 Å². The highest BCUT2D eigenvalue weighted by molar-refractivity contribution is 5.50. The molecule has 1 aromatic rings. The zero-order valence-corrected chi connectivity index (χ0v) is 13.6. The molecule has 0 fully saturated rings. The zero-order valence-electron chi connectivity index (χ0n) is 13.6. The molecule has 0 N–H and O–H groups in total. The molecule has 1 aromatic carbocycles. The van der Waals surface area contributed by atoms with E-state index < -0.39 is 0 Å². The van der Waals surface area contributed by atoms with E-state index in [-0.39, 0.29) is 0 Å². The lowest BCUT2D eigenvalue weighted by molar-refractivity contribution is 0.128. The van der Waals surface area contributed by atoms with Crippen molar-refractivity contribution in [3.05, 3.63) is 35.9 Å². The van der Waals surface area contributed by atoms with Gasteiger partial charge in [0.2, 0.25) is 0 Å². The molecule has 2 heteroatoms. The van der Waals surface area contributed by atoms with Crippen LogP contribution < -0.4 is 4.74 Å². The van der Waals surface area contributed by atoms with Crippen LogP contribution in [0.4, 0.5) is 0 Å². The lowest BCUT2D eigenvalue weighted by Crippen LogP contribution is -1.96. The van der Waals surface area contributed by atoms with Gasteiger partial charge in [0.05, 0.1) is 7.11 Å². The summed E-state index contributed by atoms with van der Waals surface area (Å²) in [6.07, 6.45) is 13.1. The van der Waals surface area contributed by atoms with Crippen molar-refractivity contribution in [2.75, 3.05) is 20.3 Å². The summed E-state index contributed by atoms with van der Waals surface area (Å²) >= 11 is 0. The summed E-state index contributed by atoms with van der Waals surface area (Å²) in [5, 5.41) is 0. The Morgan fingerprint density at radius 1 is 0.905 bits per heavy atom. The molecule has 0 aliphatic carbocycles. The fourth-order valence-corrected chi connectivity index (χ4v) is 2.15. The number of ether oxygens (including phenoxy) is 2. The first-order valence-electron chi connectivity index (χ1n) is 8.25. The molecule has 0 unspecified atom stereocenters. The lowest BCUT2D eigenvalue weighted by Gasteiger charge is -2.03. The molecule has 0 aromatic heterocycles. The Hall–Kier alpha value is -1.28. The van der Waals surface area contributed by atoms with Crippen molar-refractivity contribution in [3.8, 4) is 5.75 Å². The van der Waals surface area contributed by atoms with Gasteiger partial charge in [-0.15, -0.1) is 0 Å². The predicted molar refractivity (Wildman–Crippen MR) is 90.8 cm³/mol. The molecule has 0 amide bonds. The maximum Gasteiger partial charge on any atom is 0.118 e. The summed E-state index contributed by atoms with van der Waals surface area (Å²) in [5.41, 5.74) is 1.22. The molecule has 0 aliphatic rings. The Labute approximate surface area is 130 Å². The molecule has 0 saturated heterocycles. The third kappa shape index (κ3) is 9.30. The van der Waals surface area contributed by atoms with Gasteiger partial charge in [-0.1, -0.05) is 56.9 Å². The molecule has 0 heterocycles. The highest BCUT2D eigenvalue weighted by atomic mass is 16.5. The topological polar surface area (TPSA) is 18.5 Å². The van der Waals surface area contributed by atoms with E-state index >= 15 is 0 Å². The number of hydrogen-bond donors (Lipinski definition) is 0. The number of hydrogen-bond acceptors (Lipinski definition) is 2. The van der Waals surface area contributed by atoms with E-state index in [9.17, 15) is 0 Å². The normalized spacial score (nSPS) is 11.1. The minimum atomic E-state index is 0.876. The lowest BCUT2D eigenvalue weighted by atomic mass is 10.2. The first-order chi connectivity index (χ1) is 10.4. The van der Waals surface area contributed by atoms with Crippen LogP contribution in [0.5, 0.6) is 5.75 Å². The van der Waals surface area contributed by atoms with E-state index in [1.165, 1.54) is 37.7 Å². The van der Waals surface area contributed by atoms with Crippen molar-refractivity contribution in [3.63, 3.8) is 0 Å². The predicted octanol–water partition coefficient (Wildman–Crippen LogP) is 5.48. The van der Waals surface area contributed by atoms with Crippen molar-refractivity contribution >= 4 is 6.08 Å². The molecular weight excluding hydrogens is 260 g/mol. The van der Waals surface area contributed by atoms with E-state index in [2.05, 4.69) is 31.2 Å². The van der Waals surface area contributed by atoms with Gasteiger partial charge >= 0.3 is 0 Å². The fourth-order valence-electron chi connectivity index (χ4n) is 2.15. The molecule has 1 rings (SSSR count). The van der Waals surface area contributed by atoms with Gasteiger partial charge in [0.25, 0.3) is 0 Å². The third-order valence-corrected chi connectivity index (χ3v) is 3.48. The first kappa shape index (κ1) is 17.8. The Balaban J connectivity index is 1.97. The van der Waals surface area contributed by atoms with Gasteiger partial charge in [0.1, 0.15) is 5.75 Å². The summed E-state index contributed by atoms with van der Waals surface area (Å²) in [7, 11) is 1.69. The van der Waals surface area contributed by atoms with Crippen LogP contribution in [0.2, 0.25) is 0 Å². The SMILES string of the molecule is CCCCCCCOCCC/C=C/c1ccc(OC)cc1. The molecule has 0 saturated carbocycles. The molecular formula is C19H30O2. The highest BCUT2D eigenvalue weighted by Crippen LogP contribution is 2.12. The number of benzene rings is 1. The Morgan fingerprint density at radius 2 is 1.62 bits per heavy atom. The Bertz CT molecular complexity index is 368. The van der Waals surface area contributed by atoms with Gasteiger partial charge in [-0.05, 0) is 37.0 Å². The smallest absolute Gasteiger partial charge is 0.118 e. The average Bonchev–Trinajstić information content (AvgIpc) is 2.53. The largest absolute Gasteiger partial charge is 0.497 e. The number of allylic oxidation sites excluding steroid dienone is 1. The molecule has 21 heavy (non-hydrogen) atoms. The Kier molecular flexibility index (Phi) is 10.5. The number of unbranched alkanes of at least 4 members (excludes halogenated alkanes) is 5. The van der Waals surface area contributed by atoms with Gasteiger partial charge < -0.3 is 9.47 Å². The molecule has 0 radical (unpaired) electrons. The zero-order chi connectivity index (χ0) is 15.2. The summed E-state index contributed by atoms with van der Waals surface area (Å²) in [6.45, 7) is 4.04. The molecule has 118 valence electrons. The molecule has 0 spiro atoms. The standard InChI is InChI=1S/C19H30O2/c1-3-4-5-6-9-16-21-17-10-7-8-11-18-12-14-19(20-2)15-13-18/h8,11-15H,3-7,9-10,16-17H2,1-2H3/b11-8+. The quantitative estimate of drug-likeness (QED) is 0.475. The van der Waals surface area contributed by atoms with Crippen LogP contribution in [0, 0.1) is 0 Å². The van der Waals surface area contributed by atoms with Crippen molar-refractivity contribution in [1.29, 1.82) is 0 Å². The minimum Gasteiger partial charge on any atom is -0.497 e. The number of rotatable bonds is 12. The van der Waals surface area contributed by atoms with Crippen LogP contribution in [0.1, 0.15) is 57.4 Å². The van der Waals surface area contributed by atoms with E-state index in [0.29, 0.717) is 0 Å². The van der Waals surface area contributed by atoms with Crippen molar-refractivity contribution in [2.45, 2.75) is 51.9 Å². The Morgan fingerprint density at radius 3 is 2.33 bits per heavy atom. The van der Waals surface area contributed by atoms with E-state index in [0.717, 1.165) is 31.8 Å². The van der Waals surface area contributed by atoms with Crippen LogP contribution in [-0.2, 0) is 4.74 Å². The highest BCUT2D eigenvalue weighted by Gasteiger charge is 1.92. The van der Waals surface area contributed by atoms with Gasteiger partial charge in [-0.25, -0.2) is 0 Å². The van der Waals surface area contributed by atoms with Crippen LogP contribution in [0.3, 0.4) is 0 Å². The summed E-state index contributed by atoms with van der Waals surface area (Å²) < 4.78 is 10.8. The van der Waals surface area contributed by atoms with Gasteiger partial charge in [0.15, 0.2) is 0 Å². The maximum atomic E-state index is 5.65. The molecule has 0 aliphatic heterocycles. The third-order valence-electron chi connectivity index (χ3n) is 3.48. The molecule has 0 atom stereocenters. The second-order valence-corrected chi connectivity index (χ2v) is 5.34. The summed E-state index contributed by atoms with van der Waals surface area (Å²) in [6, 6.07) is 8.12. The van der Waals surface area contributed by atoms with Gasteiger partial charge in [-0.2, -0.15) is 0 Å². The molecule has 0 bridgehead atoms. The summed E-state index contributed by atoms with van der Waals surface area (Å²) in [5.74, 6) is 0.902. The van der Waals surface area contributed by atoms with Crippen LogP contribution in [-0.4, -0.2) is 20.3 Å². The molecule has 2 nitrogen and oxygen atoms in total. The van der Waals surface area contributed by atoms with Crippen LogP contribution >= 0.6 is 0 Å². The van der Waals surface area contributed by atoms with Crippen molar-refractivity contribution in [1.82, 2.24) is 0 Å². The van der Waals surface area contributed by atoms with E-state index in [1.54, 1.807) is 7.11 Å². The maximum absolute atomic E-state index is 5.65. The van der Waals surface area contributed by atoms with Crippen LogP contribution in [0.25, 0.3) is 6.08 Å². The van der Waals surface area contributed by atoms with Crippen LogP contribution in [0.15, 0.2) is 30.3 Å². The van der Waals surface area contributed by atoms with Gasteiger partial charge in [0, 0.05) is 13.2 Å². The van der Waals surface area contributed by atoms with E-state index in [4.69, 9.17) is 9.47 Å². The first-order valence-corrected chi connectivity index (χ1v) is 8.25. The summed E-state index contributed by atoms with van der Waals surface area (Å²) in [4.78, 5) is 0. The second kappa shape index (κ2) is 12.5. The fraction of sp³-hybridized carbons (Fsp3) is 0.579. The number of methoxy groups -OCH3 is 1. The second-order valence-electron chi connectivity index (χ2n) is 5.34. The van der Waals surface area contributed by atoms with Gasteiger partial charge in [-0.3, -0.25) is 0 Å².